The zero-order valence-electron chi connectivity index (χ0n) is 10.1. The Morgan fingerprint density at radius 2 is 2.18 bits per heavy atom. The van der Waals surface area contributed by atoms with E-state index in [9.17, 15) is 9.59 Å². The largest absolute Gasteiger partial charge is 0.480 e. The SMILES string of the molecule is COCCN(CC(=O)O)C(=O)NCC1CCC1. The van der Waals surface area contributed by atoms with Gasteiger partial charge in [0.05, 0.1) is 6.61 Å². The molecule has 6 nitrogen and oxygen atoms in total. The molecular weight excluding hydrogens is 224 g/mol. The Morgan fingerprint density at radius 3 is 2.65 bits per heavy atom. The van der Waals surface area contributed by atoms with Crippen LogP contribution in [-0.2, 0) is 9.53 Å². The maximum atomic E-state index is 11.7. The molecule has 0 spiro atoms. The van der Waals surface area contributed by atoms with Crippen molar-refractivity contribution in [1.29, 1.82) is 0 Å². The van der Waals surface area contributed by atoms with Crippen LogP contribution in [0.15, 0.2) is 0 Å². The van der Waals surface area contributed by atoms with Gasteiger partial charge in [-0.2, -0.15) is 0 Å². The van der Waals surface area contributed by atoms with Gasteiger partial charge in [-0.15, -0.1) is 0 Å². The van der Waals surface area contributed by atoms with Crippen LogP contribution in [-0.4, -0.2) is 55.4 Å². The van der Waals surface area contributed by atoms with Crippen molar-refractivity contribution in [1.82, 2.24) is 10.2 Å². The van der Waals surface area contributed by atoms with Crippen LogP contribution in [0.2, 0.25) is 0 Å². The third-order valence-electron chi connectivity index (χ3n) is 2.95. The number of rotatable bonds is 7. The number of carbonyl (C=O) groups excluding carboxylic acids is 1. The van der Waals surface area contributed by atoms with E-state index in [1.807, 2.05) is 0 Å². The van der Waals surface area contributed by atoms with Crippen LogP contribution >= 0.6 is 0 Å². The first-order valence-corrected chi connectivity index (χ1v) is 5.87. The van der Waals surface area contributed by atoms with E-state index in [-0.39, 0.29) is 12.6 Å². The normalized spacial score (nSPS) is 15.1. The monoisotopic (exact) mass is 244 g/mol. The van der Waals surface area contributed by atoms with Gasteiger partial charge in [0.2, 0.25) is 0 Å². The number of amides is 2. The molecule has 0 heterocycles. The highest BCUT2D eigenvalue weighted by Crippen LogP contribution is 2.25. The Hall–Kier alpha value is -1.30. The van der Waals surface area contributed by atoms with Crippen molar-refractivity contribution in [2.45, 2.75) is 19.3 Å². The molecule has 1 aliphatic rings. The number of aliphatic carboxylic acids is 1. The maximum Gasteiger partial charge on any atom is 0.323 e. The molecule has 0 atom stereocenters. The number of carboxylic acids is 1. The van der Waals surface area contributed by atoms with E-state index in [0.29, 0.717) is 25.6 Å². The maximum absolute atomic E-state index is 11.7. The molecule has 1 fully saturated rings. The second-order valence-electron chi connectivity index (χ2n) is 4.29. The summed E-state index contributed by atoms with van der Waals surface area (Å²) >= 11 is 0. The number of carboxylic acid groups (broad SMARTS) is 1. The molecule has 0 unspecified atom stereocenters. The van der Waals surface area contributed by atoms with E-state index in [0.717, 1.165) is 12.8 Å². The summed E-state index contributed by atoms with van der Waals surface area (Å²) in [5.41, 5.74) is 0. The van der Waals surface area contributed by atoms with Crippen LogP contribution in [0.3, 0.4) is 0 Å². The van der Waals surface area contributed by atoms with Gasteiger partial charge in [-0.3, -0.25) is 4.79 Å². The number of ether oxygens (including phenoxy) is 1. The summed E-state index contributed by atoms with van der Waals surface area (Å²) < 4.78 is 4.85. The Morgan fingerprint density at radius 1 is 1.47 bits per heavy atom. The lowest BCUT2D eigenvalue weighted by Crippen LogP contribution is -2.46. The van der Waals surface area contributed by atoms with Crippen molar-refractivity contribution < 1.29 is 19.4 Å². The molecule has 0 bridgehead atoms. The molecule has 1 rings (SSSR count). The van der Waals surface area contributed by atoms with Crippen LogP contribution in [0.4, 0.5) is 4.79 Å². The highest BCUT2D eigenvalue weighted by Gasteiger charge is 2.20. The zero-order valence-corrected chi connectivity index (χ0v) is 10.1. The summed E-state index contributed by atoms with van der Waals surface area (Å²) in [4.78, 5) is 23.6. The van der Waals surface area contributed by atoms with Gasteiger partial charge < -0.3 is 20.1 Å². The fraction of sp³-hybridized carbons (Fsp3) is 0.818. The van der Waals surface area contributed by atoms with Crippen LogP contribution in [0.25, 0.3) is 0 Å². The van der Waals surface area contributed by atoms with E-state index < -0.39 is 5.97 Å². The van der Waals surface area contributed by atoms with Crippen molar-refractivity contribution in [2.24, 2.45) is 5.92 Å². The number of nitrogens with one attached hydrogen (secondary N) is 1. The first kappa shape index (κ1) is 13.8. The first-order valence-electron chi connectivity index (χ1n) is 5.87. The van der Waals surface area contributed by atoms with Gasteiger partial charge in [0, 0.05) is 20.2 Å². The molecule has 0 aliphatic heterocycles. The highest BCUT2D eigenvalue weighted by molar-refractivity contribution is 5.80. The summed E-state index contributed by atoms with van der Waals surface area (Å²) in [5.74, 6) is -0.451. The van der Waals surface area contributed by atoms with Gasteiger partial charge in [-0.25, -0.2) is 4.79 Å². The molecule has 0 aromatic carbocycles. The van der Waals surface area contributed by atoms with Crippen molar-refractivity contribution >= 4 is 12.0 Å². The molecule has 98 valence electrons. The van der Waals surface area contributed by atoms with Gasteiger partial charge in [0.1, 0.15) is 6.54 Å². The molecule has 17 heavy (non-hydrogen) atoms. The molecule has 0 aromatic heterocycles. The van der Waals surface area contributed by atoms with E-state index in [1.54, 1.807) is 0 Å². The topological polar surface area (TPSA) is 78.9 Å². The van der Waals surface area contributed by atoms with Gasteiger partial charge in [0.15, 0.2) is 0 Å². The third kappa shape index (κ3) is 5.04. The molecular formula is C11H20N2O4. The van der Waals surface area contributed by atoms with Crippen molar-refractivity contribution in [3.63, 3.8) is 0 Å². The van der Waals surface area contributed by atoms with E-state index >= 15 is 0 Å². The standard InChI is InChI=1S/C11H20N2O4/c1-17-6-5-13(8-10(14)15)11(16)12-7-9-3-2-4-9/h9H,2-8H2,1H3,(H,12,16)(H,14,15). The molecule has 0 aromatic rings. The number of methoxy groups -OCH3 is 1. The summed E-state index contributed by atoms with van der Waals surface area (Å²) in [6.45, 7) is 0.977. The number of hydrogen-bond acceptors (Lipinski definition) is 3. The number of carbonyl (C=O) groups is 2. The highest BCUT2D eigenvalue weighted by atomic mass is 16.5. The Labute approximate surface area is 101 Å². The minimum Gasteiger partial charge on any atom is -0.480 e. The van der Waals surface area contributed by atoms with Crippen molar-refractivity contribution in [2.75, 3.05) is 33.4 Å². The average molecular weight is 244 g/mol. The van der Waals surface area contributed by atoms with Crippen LogP contribution < -0.4 is 5.32 Å². The Bertz CT molecular complexity index is 266. The first-order chi connectivity index (χ1) is 8.13. The predicted molar refractivity (Wildman–Crippen MR) is 61.8 cm³/mol. The predicted octanol–water partition coefficient (Wildman–Crippen LogP) is 0.529. The van der Waals surface area contributed by atoms with Gasteiger partial charge >= 0.3 is 12.0 Å². The molecule has 0 radical (unpaired) electrons. The van der Waals surface area contributed by atoms with Gasteiger partial charge in [-0.05, 0) is 18.8 Å². The molecule has 1 saturated carbocycles. The van der Waals surface area contributed by atoms with Crippen molar-refractivity contribution in [3.05, 3.63) is 0 Å². The summed E-state index contributed by atoms with van der Waals surface area (Å²) in [5, 5.41) is 11.5. The number of urea groups is 1. The minimum absolute atomic E-state index is 0.291. The second kappa shape index (κ2) is 7.11. The van der Waals surface area contributed by atoms with Crippen LogP contribution in [0, 0.1) is 5.92 Å². The third-order valence-corrected chi connectivity index (χ3v) is 2.95. The number of nitrogens with zero attached hydrogens (tertiary/aromatic N) is 1. The van der Waals surface area contributed by atoms with Crippen molar-refractivity contribution in [3.8, 4) is 0 Å². The number of hydrogen-bond donors (Lipinski definition) is 2. The lowest BCUT2D eigenvalue weighted by Gasteiger charge is -2.27. The summed E-state index contributed by atoms with van der Waals surface area (Å²) in [7, 11) is 1.52. The zero-order chi connectivity index (χ0) is 12.7. The van der Waals surface area contributed by atoms with Gasteiger partial charge in [-0.1, -0.05) is 6.42 Å². The minimum atomic E-state index is -1.01. The lowest BCUT2D eigenvalue weighted by atomic mass is 9.85. The lowest BCUT2D eigenvalue weighted by molar-refractivity contribution is -0.137. The van der Waals surface area contributed by atoms with Crippen LogP contribution in [0.1, 0.15) is 19.3 Å². The molecule has 2 N–H and O–H groups in total. The van der Waals surface area contributed by atoms with E-state index in [2.05, 4.69) is 5.32 Å². The Kier molecular flexibility index (Phi) is 5.76. The summed E-state index contributed by atoms with van der Waals surface area (Å²) in [6, 6.07) is -0.323. The van der Waals surface area contributed by atoms with E-state index in [4.69, 9.17) is 9.84 Å². The van der Waals surface area contributed by atoms with Crippen LogP contribution in [0.5, 0.6) is 0 Å². The van der Waals surface area contributed by atoms with Gasteiger partial charge in [0.25, 0.3) is 0 Å². The Balaban J connectivity index is 2.31. The quantitative estimate of drug-likeness (QED) is 0.684. The smallest absolute Gasteiger partial charge is 0.323 e. The second-order valence-corrected chi connectivity index (χ2v) is 4.29. The molecule has 2 amide bonds. The van der Waals surface area contributed by atoms with E-state index in [1.165, 1.54) is 18.4 Å². The molecule has 6 heteroatoms. The molecule has 0 saturated heterocycles. The average Bonchev–Trinajstić information content (AvgIpc) is 2.21. The molecule has 1 aliphatic carbocycles. The summed E-state index contributed by atoms with van der Waals surface area (Å²) in [6.07, 6.45) is 3.53. The fourth-order valence-electron chi connectivity index (χ4n) is 1.66. The fourth-order valence-corrected chi connectivity index (χ4v) is 1.66.